The fraction of sp³-hybridized carbons (Fsp3) is 0.550. The molecule has 1 aliphatic heterocycles. The van der Waals surface area contributed by atoms with Crippen LogP contribution >= 0.6 is 11.6 Å². The first-order valence-electron chi connectivity index (χ1n) is 9.38. The third kappa shape index (κ3) is 4.64. The maximum absolute atomic E-state index is 12.4. The van der Waals surface area contributed by atoms with Gasteiger partial charge >= 0.3 is 0 Å². The van der Waals surface area contributed by atoms with Crippen LogP contribution in [-0.4, -0.2) is 48.6 Å². The molecule has 1 heterocycles. The van der Waals surface area contributed by atoms with Gasteiger partial charge in [-0.25, -0.2) is 0 Å². The van der Waals surface area contributed by atoms with E-state index in [4.69, 9.17) is 11.6 Å². The fourth-order valence-electron chi connectivity index (χ4n) is 3.75. The Bertz CT molecular complexity index is 666. The lowest BCUT2D eigenvalue weighted by Crippen LogP contribution is -2.48. The zero-order valence-electron chi connectivity index (χ0n) is 15.0. The van der Waals surface area contributed by atoms with Crippen LogP contribution < -0.4 is 4.90 Å². The van der Waals surface area contributed by atoms with E-state index in [2.05, 4.69) is 4.90 Å². The standard InChI is InChI=1S/C20H25ClN2O3/c21-15-5-7-16(8-6-15)22-11-13-23(14-12-22)20(26)10-9-19(25)17-3-1-2-4-18(17)24/h5-8,17H,1-4,9-14H2. The molecule has 5 nitrogen and oxygen atoms in total. The second-order valence-electron chi connectivity index (χ2n) is 7.08. The Morgan fingerprint density at radius 3 is 2.35 bits per heavy atom. The number of rotatable bonds is 5. The van der Waals surface area contributed by atoms with Crippen molar-refractivity contribution in [2.24, 2.45) is 5.92 Å². The molecule has 0 aromatic heterocycles. The summed E-state index contributed by atoms with van der Waals surface area (Å²) >= 11 is 5.92. The zero-order chi connectivity index (χ0) is 18.5. The lowest BCUT2D eigenvalue weighted by molar-refractivity contribution is -0.138. The van der Waals surface area contributed by atoms with E-state index in [1.807, 2.05) is 29.2 Å². The number of ketones is 2. The fourth-order valence-corrected chi connectivity index (χ4v) is 3.88. The minimum Gasteiger partial charge on any atom is -0.368 e. The summed E-state index contributed by atoms with van der Waals surface area (Å²) in [5.74, 6) is -0.441. The topological polar surface area (TPSA) is 57.7 Å². The third-order valence-electron chi connectivity index (χ3n) is 5.35. The highest BCUT2D eigenvalue weighted by atomic mass is 35.5. The molecule has 1 aliphatic carbocycles. The highest BCUT2D eigenvalue weighted by molar-refractivity contribution is 6.30. The van der Waals surface area contributed by atoms with Gasteiger partial charge in [0.1, 0.15) is 11.6 Å². The Labute approximate surface area is 159 Å². The lowest BCUT2D eigenvalue weighted by Gasteiger charge is -2.36. The summed E-state index contributed by atoms with van der Waals surface area (Å²) in [5.41, 5.74) is 1.10. The van der Waals surface area contributed by atoms with Gasteiger partial charge in [0.15, 0.2) is 0 Å². The minimum absolute atomic E-state index is 0.0114. The molecular formula is C20H25ClN2O3. The molecule has 1 atom stereocenters. The SMILES string of the molecule is O=C1CCCCC1C(=O)CCC(=O)N1CCN(c2ccc(Cl)cc2)CC1. The van der Waals surface area contributed by atoms with Gasteiger partial charge in [-0.3, -0.25) is 14.4 Å². The number of carbonyl (C=O) groups excluding carboxylic acids is 3. The molecule has 1 saturated heterocycles. The molecule has 2 fully saturated rings. The average molecular weight is 377 g/mol. The van der Waals surface area contributed by atoms with Crippen LogP contribution in [-0.2, 0) is 14.4 Å². The van der Waals surface area contributed by atoms with Crippen LogP contribution in [0.1, 0.15) is 38.5 Å². The second kappa shape index (κ2) is 8.67. The molecule has 1 aromatic rings. The predicted molar refractivity (Wildman–Crippen MR) is 101 cm³/mol. The van der Waals surface area contributed by atoms with Crippen LogP contribution in [0.3, 0.4) is 0 Å². The van der Waals surface area contributed by atoms with Crippen molar-refractivity contribution in [1.29, 1.82) is 0 Å². The molecule has 1 aromatic carbocycles. The van der Waals surface area contributed by atoms with Crippen molar-refractivity contribution < 1.29 is 14.4 Å². The van der Waals surface area contributed by atoms with Crippen LogP contribution in [0.2, 0.25) is 5.02 Å². The van der Waals surface area contributed by atoms with Gasteiger partial charge < -0.3 is 9.80 Å². The van der Waals surface area contributed by atoms with Crippen molar-refractivity contribution in [2.75, 3.05) is 31.1 Å². The minimum atomic E-state index is -0.460. The Kier molecular flexibility index (Phi) is 6.30. The normalized spacial score (nSPS) is 21.0. The molecule has 2 aliphatic rings. The first-order chi connectivity index (χ1) is 12.5. The molecule has 1 saturated carbocycles. The summed E-state index contributed by atoms with van der Waals surface area (Å²) in [5, 5.41) is 0.712. The Hall–Kier alpha value is -1.88. The molecule has 0 spiro atoms. The highest BCUT2D eigenvalue weighted by Crippen LogP contribution is 2.23. The number of piperazine rings is 1. The van der Waals surface area contributed by atoms with Crippen LogP contribution in [0.4, 0.5) is 5.69 Å². The first-order valence-corrected chi connectivity index (χ1v) is 9.76. The summed E-state index contributed by atoms with van der Waals surface area (Å²) in [7, 11) is 0. The number of nitrogens with zero attached hydrogens (tertiary/aromatic N) is 2. The molecule has 1 unspecified atom stereocenters. The monoisotopic (exact) mass is 376 g/mol. The van der Waals surface area contributed by atoms with Gasteiger partial charge in [-0.15, -0.1) is 0 Å². The summed E-state index contributed by atoms with van der Waals surface area (Å²) in [6.07, 6.45) is 3.39. The van der Waals surface area contributed by atoms with Gasteiger partial charge in [0.05, 0.1) is 5.92 Å². The van der Waals surface area contributed by atoms with E-state index in [-0.39, 0.29) is 30.3 Å². The van der Waals surface area contributed by atoms with Crippen LogP contribution in [0.25, 0.3) is 0 Å². The van der Waals surface area contributed by atoms with Crippen molar-refractivity contribution >= 4 is 34.8 Å². The van der Waals surface area contributed by atoms with Crippen molar-refractivity contribution in [3.05, 3.63) is 29.3 Å². The number of amides is 1. The molecule has 0 bridgehead atoms. The Morgan fingerprint density at radius 1 is 1.00 bits per heavy atom. The van der Waals surface area contributed by atoms with Crippen molar-refractivity contribution in [2.45, 2.75) is 38.5 Å². The van der Waals surface area contributed by atoms with E-state index < -0.39 is 5.92 Å². The van der Waals surface area contributed by atoms with E-state index in [0.29, 0.717) is 31.0 Å². The van der Waals surface area contributed by atoms with Gasteiger partial charge in [-0.2, -0.15) is 0 Å². The van der Waals surface area contributed by atoms with Crippen molar-refractivity contribution in [3.63, 3.8) is 0 Å². The Balaban J connectivity index is 1.44. The largest absolute Gasteiger partial charge is 0.368 e. The van der Waals surface area contributed by atoms with Gasteiger partial charge in [0.2, 0.25) is 5.91 Å². The smallest absolute Gasteiger partial charge is 0.223 e. The van der Waals surface area contributed by atoms with Gasteiger partial charge in [0, 0.05) is 56.2 Å². The summed E-state index contributed by atoms with van der Waals surface area (Å²) in [4.78, 5) is 40.6. The zero-order valence-corrected chi connectivity index (χ0v) is 15.7. The van der Waals surface area contributed by atoms with Crippen LogP contribution in [0.15, 0.2) is 24.3 Å². The molecule has 1 amide bonds. The molecule has 3 rings (SSSR count). The number of carbonyl (C=O) groups is 3. The number of hydrogen-bond donors (Lipinski definition) is 0. The number of hydrogen-bond acceptors (Lipinski definition) is 4. The number of anilines is 1. The highest BCUT2D eigenvalue weighted by Gasteiger charge is 2.29. The maximum Gasteiger partial charge on any atom is 0.223 e. The summed E-state index contributed by atoms with van der Waals surface area (Å²) < 4.78 is 0. The van der Waals surface area contributed by atoms with Crippen LogP contribution in [0.5, 0.6) is 0 Å². The van der Waals surface area contributed by atoms with Gasteiger partial charge in [-0.05, 0) is 37.1 Å². The number of benzene rings is 1. The number of Topliss-reactive ketones (excluding diaryl/α,β-unsaturated/α-hetero) is 2. The molecule has 0 N–H and O–H groups in total. The van der Waals surface area contributed by atoms with Gasteiger partial charge in [-0.1, -0.05) is 18.0 Å². The summed E-state index contributed by atoms with van der Waals surface area (Å²) in [6, 6.07) is 7.71. The molecule has 140 valence electrons. The first kappa shape index (κ1) is 18.9. The summed E-state index contributed by atoms with van der Waals surface area (Å²) in [6.45, 7) is 2.83. The third-order valence-corrected chi connectivity index (χ3v) is 5.60. The average Bonchev–Trinajstić information content (AvgIpc) is 2.67. The van der Waals surface area contributed by atoms with Gasteiger partial charge in [0.25, 0.3) is 0 Å². The maximum atomic E-state index is 12.4. The van der Waals surface area contributed by atoms with Crippen molar-refractivity contribution in [3.8, 4) is 0 Å². The second-order valence-corrected chi connectivity index (χ2v) is 7.51. The van der Waals surface area contributed by atoms with Crippen LogP contribution in [0, 0.1) is 5.92 Å². The van der Waals surface area contributed by atoms with E-state index >= 15 is 0 Å². The molecule has 0 radical (unpaired) electrons. The van der Waals surface area contributed by atoms with E-state index in [9.17, 15) is 14.4 Å². The molecule has 26 heavy (non-hydrogen) atoms. The predicted octanol–water partition coefficient (Wildman–Crippen LogP) is 3.10. The molecule has 6 heteroatoms. The Morgan fingerprint density at radius 2 is 1.69 bits per heavy atom. The van der Waals surface area contributed by atoms with Crippen molar-refractivity contribution in [1.82, 2.24) is 4.90 Å². The quantitative estimate of drug-likeness (QED) is 0.741. The van der Waals surface area contributed by atoms with E-state index in [1.54, 1.807) is 0 Å². The van der Waals surface area contributed by atoms with E-state index in [1.165, 1.54) is 0 Å². The molecular weight excluding hydrogens is 352 g/mol. The van der Waals surface area contributed by atoms with E-state index in [0.717, 1.165) is 31.6 Å². The number of halogens is 1. The lowest BCUT2D eigenvalue weighted by atomic mass is 9.83.